The fourth-order valence-corrected chi connectivity index (χ4v) is 2.61. The number of aryl methyl sites for hydroxylation is 1. The van der Waals surface area contributed by atoms with Crippen molar-refractivity contribution in [1.82, 2.24) is 10.2 Å². The zero-order valence-corrected chi connectivity index (χ0v) is 11.0. The molecule has 1 aromatic heterocycles. The number of rotatable bonds is 5. The first-order valence-corrected chi connectivity index (χ1v) is 6.69. The lowest BCUT2D eigenvalue weighted by Gasteiger charge is -2.14. The van der Waals surface area contributed by atoms with Crippen LogP contribution in [0.3, 0.4) is 0 Å². The van der Waals surface area contributed by atoms with Gasteiger partial charge in [-0.1, -0.05) is 19.8 Å². The van der Waals surface area contributed by atoms with E-state index in [9.17, 15) is 9.59 Å². The highest BCUT2D eigenvalue weighted by atomic mass is 16.4. The number of aromatic amines is 1. The van der Waals surface area contributed by atoms with Gasteiger partial charge in [0.2, 0.25) is 5.91 Å². The molecule has 1 fully saturated rings. The van der Waals surface area contributed by atoms with E-state index in [2.05, 4.69) is 22.4 Å². The molecule has 0 radical (unpaired) electrons. The highest BCUT2D eigenvalue weighted by molar-refractivity contribution is 5.94. The van der Waals surface area contributed by atoms with Gasteiger partial charge >= 0.3 is 5.97 Å². The first kappa shape index (κ1) is 13.6. The van der Waals surface area contributed by atoms with E-state index in [0.29, 0.717) is 18.7 Å². The third-order valence-electron chi connectivity index (χ3n) is 3.57. The molecule has 2 rings (SSSR count). The number of carboxylic acids is 1. The quantitative estimate of drug-likeness (QED) is 0.756. The number of hydrogen-bond acceptors (Lipinski definition) is 3. The van der Waals surface area contributed by atoms with E-state index in [1.165, 1.54) is 0 Å². The zero-order chi connectivity index (χ0) is 13.8. The van der Waals surface area contributed by atoms with Crippen LogP contribution in [0.2, 0.25) is 0 Å². The number of aliphatic carboxylic acids is 1. The van der Waals surface area contributed by atoms with Gasteiger partial charge in [0.05, 0.1) is 11.8 Å². The van der Waals surface area contributed by atoms with Gasteiger partial charge in [0, 0.05) is 11.8 Å². The van der Waals surface area contributed by atoms with Crippen molar-refractivity contribution in [2.45, 2.75) is 39.0 Å². The maximum absolute atomic E-state index is 12.1. The lowest BCUT2D eigenvalue weighted by molar-refractivity contribution is -0.145. The van der Waals surface area contributed by atoms with E-state index >= 15 is 0 Å². The van der Waals surface area contributed by atoms with Crippen molar-refractivity contribution >= 4 is 17.7 Å². The van der Waals surface area contributed by atoms with Gasteiger partial charge in [-0.05, 0) is 19.3 Å². The van der Waals surface area contributed by atoms with Crippen LogP contribution in [0.25, 0.3) is 0 Å². The summed E-state index contributed by atoms with van der Waals surface area (Å²) in [6, 6.07) is 1.80. The summed E-state index contributed by atoms with van der Waals surface area (Å²) in [6.07, 6.45) is 3.88. The predicted octanol–water partition coefficient (Wildman–Crippen LogP) is 1.80. The molecule has 0 bridgehead atoms. The molecule has 104 valence electrons. The Morgan fingerprint density at radius 1 is 1.47 bits per heavy atom. The Hall–Kier alpha value is -1.85. The molecule has 0 spiro atoms. The molecule has 0 saturated heterocycles. The monoisotopic (exact) mass is 265 g/mol. The number of hydrogen-bond donors (Lipinski definition) is 3. The number of aromatic nitrogens is 2. The predicted molar refractivity (Wildman–Crippen MR) is 69.7 cm³/mol. The minimum absolute atomic E-state index is 0.237. The van der Waals surface area contributed by atoms with Crippen molar-refractivity contribution in [1.29, 1.82) is 0 Å². The normalized spacial score (nSPS) is 22.4. The smallest absolute Gasteiger partial charge is 0.307 e. The van der Waals surface area contributed by atoms with Crippen LogP contribution in [0.1, 0.15) is 38.3 Å². The second-order valence-electron chi connectivity index (χ2n) is 5.00. The minimum atomic E-state index is -0.883. The maximum atomic E-state index is 12.1. The van der Waals surface area contributed by atoms with Gasteiger partial charge in [-0.25, -0.2) is 0 Å². The van der Waals surface area contributed by atoms with Gasteiger partial charge in [0.15, 0.2) is 5.82 Å². The van der Waals surface area contributed by atoms with E-state index in [4.69, 9.17) is 5.11 Å². The summed E-state index contributed by atoms with van der Waals surface area (Å²) in [7, 11) is 0. The summed E-state index contributed by atoms with van der Waals surface area (Å²) in [4.78, 5) is 23.1. The van der Waals surface area contributed by atoms with E-state index in [1.807, 2.05) is 0 Å². The van der Waals surface area contributed by atoms with Gasteiger partial charge in [0.1, 0.15) is 0 Å². The van der Waals surface area contributed by atoms with Crippen molar-refractivity contribution in [2.24, 2.45) is 11.8 Å². The molecule has 1 aromatic rings. The summed E-state index contributed by atoms with van der Waals surface area (Å²) in [5, 5.41) is 18.6. The highest BCUT2D eigenvalue weighted by Crippen LogP contribution is 2.32. The van der Waals surface area contributed by atoms with Crippen LogP contribution < -0.4 is 5.32 Å². The summed E-state index contributed by atoms with van der Waals surface area (Å²) >= 11 is 0. The molecule has 1 amide bonds. The van der Waals surface area contributed by atoms with Crippen molar-refractivity contribution in [3.8, 4) is 0 Å². The van der Waals surface area contributed by atoms with Crippen molar-refractivity contribution < 1.29 is 14.7 Å². The minimum Gasteiger partial charge on any atom is -0.481 e. The first-order valence-electron chi connectivity index (χ1n) is 6.69. The fourth-order valence-electron chi connectivity index (χ4n) is 2.61. The summed E-state index contributed by atoms with van der Waals surface area (Å²) in [5.74, 6) is -1.65. The number of nitrogens with one attached hydrogen (secondary N) is 2. The SMILES string of the molecule is CCCc1cc(NC(=O)C2CCCC2C(=O)O)n[nH]1. The number of carbonyl (C=O) groups is 2. The summed E-state index contributed by atoms with van der Waals surface area (Å²) < 4.78 is 0. The largest absolute Gasteiger partial charge is 0.481 e. The van der Waals surface area contributed by atoms with Crippen molar-refractivity contribution in [2.75, 3.05) is 5.32 Å². The standard InChI is InChI=1S/C13H19N3O3/c1-2-4-8-7-11(16-15-8)14-12(17)9-5-3-6-10(9)13(18)19/h7,9-10H,2-6H2,1H3,(H,18,19)(H2,14,15,16,17). The number of H-pyrrole nitrogens is 1. The molecule has 1 aliphatic rings. The Balaban J connectivity index is 1.98. The van der Waals surface area contributed by atoms with E-state index in [0.717, 1.165) is 25.0 Å². The van der Waals surface area contributed by atoms with Crippen LogP contribution in [0, 0.1) is 11.8 Å². The molecule has 3 N–H and O–H groups in total. The molecule has 6 nitrogen and oxygen atoms in total. The van der Waals surface area contributed by atoms with E-state index in [-0.39, 0.29) is 5.91 Å². The Bertz CT molecular complexity index is 469. The van der Waals surface area contributed by atoms with Gasteiger partial charge in [-0.15, -0.1) is 0 Å². The van der Waals surface area contributed by atoms with Crippen LogP contribution in [0.4, 0.5) is 5.82 Å². The van der Waals surface area contributed by atoms with Crippen LogP contribution >= 0.6 is 0 Å². The Labute approximate surface area is 111 Å². The fraction of sp³-hybridized carbons (Fsp3) is 0.615. The second kappa shape index (κ2) is 5.86. The van der Waals surface area contributed by atoms with Crippen molar-refractivity contribution in [3.05, 3.63) is 11.8 Å². The number of nitrogens with zero attached hydrogens (tertiary/aromatic N) is 1. The molecule has 0 aromatic carbocycles. The average Bonchev–Trinajstić information content (AvgIpc) is 2.98. The number of carboxylic acid groups (broad SMARTS) is 1. The molecular formula is C13H19N3O3. The molecule has 2 unspecified atom stereocenters. The van der Waals surface area contributed by atoms with Crippen LogP contribution in [0.15, 0.2) is 6.07 Å². The molecule has 0 aliphatic heterocycles. The molecule has 1 aliphatic carbocycles. The zero-order valence-electron chi connectivity index (χ0n) is 11.0. The van der Waals surface area contributed by atoms with Crippen LogP contribution in [-0.4, -0.2) is 27.2 Å². The van der Waals surface area contributed by atoms with E-state index < -0.39 is 17.8 Å². The van der Waals surface area contributed by atoms with E-state index in [1.54, 1.807) is 6.07 Å². The number of carbonyl (C=O) groups excluding carboxylic acids is 1. The molecular weight excluding hydrogens is 246 g/mol. The van der Waals surface area contributed by atoms with Gasteiger partial charge < -0.3 is 10.4 Å². The van der Waals surface area contributed by atoms with Crippen LogP contribution in [-0.2, 0) is 16.0 Å². The first-order chi connectivity index (χ1) is 9.11. The van der Waals surface area contributed by atoms with Crippen molar-refractivity contribution in [3.63, 3.8) is 0 Å². The molecule has 1 heterocycles. The maximum Gasteiger partial charge on any atom is 0.307 e. The molecule has 6 heteroatoms. The number of anilines is 1. The molecule has 1 saturated carbocycles. The lowest BCUT2D eigenvalue weighted by atomic mass is 9.95. The Kier molecular flexibility index (Phi) is 4.19. The average molecular weight is 265 g/mol. The number of amides is 1. The second-order valence-corrected chi connectivity index (χ2v) is 5.00. The Morgan fingerprint density at radius 3 is 2.89 bits per heavy atom. The summed E-state index contributed by atoms with van der Waals surface area (Å²) in [5.41, 5.74) is 0.971. The Morgan fingerprint density at radius 2 is 2.21 bits per heavy atom. The van der Waals surface area contributed by atoms with Gasteiger partial charge in [0.25, 0.3) is 0 Å². The highest BCUT2D eigenvalue weighted by Gasteiger charge is 2.37. The topological polar surface area (TPSA) is 95.1 Å². The van der Waals surface area contributed by atoms with Gasteiger partial charge in [-0.3, -0.25) is 14.7 Å². The molecule has 2 atom stereocenters. The van der Waals surface area contributed by atoms with Crippen LogP contribution in [0.5, 0.6) is 0 Å². The van der Waals surface area contributed by atoms with Gasteiger partial charge in [-0.2, -0.15) is 5.10 Å². The lowest BCUT2D eigenvalue weighted by Crippen LogP contribution is -2.30. The third kappa shape index (κ3) is 3.13. The third-order valence-corrected chi connectivity index (χ3v) is 3.57. The summed E-state index contributed by atoms with van der Waals surface area (Å²) in [6.45, 7) is 2.06. The molecule has 19 heavy (non-hydrogen) atoms.